The van der Waals surface area contributed by atoms with Gasteiger partial charge in [0, 0.05) is 16.6 Å². The lowest BCUT2D eigenvalue weighted by Gasteiger charge is -2.39. The van der Waals surface area contributed by atoms with Gasteiger partial charge in [-0.2, -0.15) is 0 Å². The number of hydrogen-bond donors (Lipinski definition) is 1. The van der Waals surface area contributed by atoms with Crippen LogP contribution in [0.15, 0.2) is 140 Å². The Hall–Kier alpha value is -5.35. The van der Waals surface area contributed by atoms with Crippen molar-refractivity contribution in [3.8, 4) is 22.5 Å². The van der Waals surface area contributed by atoms with Gasteiger partial charge >= 0.3 is 0 Å². The number of fused-ring (bicyclic) bond motifs is 3. The largest absolute Gasteiger partial charge is 0.360 e. The molecular formula is C45H46N4. The van der Waals surface area contributed by atoms with Crippen LogP contribution in [0.3, 0.4) is 0 Å². The minimum Gasteiger partial charge on any atom is -0.360 e. The smallest absolute Gasteiger partial charge is 0.141 e. The van der Waals surface area contributed by atoms with E-state index in [0.717, 1.165) is 39.3 Å². The van der Waals surface area contributed by atoms with Crippen molar-refractivity contribution < 1.29 is 0 Å². The zero-order valence-corrected chi connectivity index (χ0v) is 29.8. The van der Waals surface area contributed by atoms with E-state index in [2.05, 4.69) is 197 Å². The SMILES string of the molecule is C=C(/C=C\C(=C/C)c1cccc2c(-c3ccc(-c4nc5ccccc5n4C(C)(C)C)cc3)cccc12)[C@H]1Nc2ccccc2N1C(C)(C)C. The molecule has 246 valence electrons. The first-order valence-electron chi connectivity index (χ1n) is 17.2. The first kappa shape index (κ1) is 32.2. The van der Waals surface area contributed by atoms with Crippen molar-refractivity contribution in [3.05, 3.63) is 145 Å². The molecule has 7 rings (SSSR count). The molecule has 1 aliphatic rings. The van der Waals surface area contributed by atoms with Gasteiger partial charge in [-0.1, -0.05) is 110 Å². The van der Waals surface area contributed by atoms with Crippen molar-refractivity contribution in [1.29, 1.82) is 0 Å². The normalized spacial score (nSPS) is 15.3. The number of rotatable bonds is 6. The molecular weight excluding hydrogens is 597 g/mol. The summed E-state index contributed by atoms with van der Waals surface area (Å²) in [6, 6.07) is 39.1. The van der Waals surface area contributed by atoms with Crippen LogP contribution in [0, 0.1) is 0 Å². The standard InChI is InChI=1S/C45H46N4/c1-9-31(25-24-30(2)42-46-38-20-10-12-22-40(38)48(42)44(3,4)5)34-16-14-19-37-35(17-15-18-36(34)37)32-26-28-33(29-27-32)43-47-39-21-11-13-23-41(39)49(43)45(6,7)8/h9-29,42,46H,2H2,1,3-8H3/b25-24-,31-9+/t42-/m0/s1. The van der Waals surface area contributed by atoms with Crippen LogP contribution < -0.4 is 10.2 Å². The highest BCUT2D eigenvalue weighted by molar-refractivity contribution is 6.03. The predicted molar refractivity (Wildman–Crippen MR) is 211 cm³/mol. The number of allylic oxidation sites excluding steroid dienone is 3. The number of anilines is 2. The van der Waals surface area contributed by atoms with E-state index in [0.29, 0.717) is 0 Å². The zero-order chi connectivity index (χ0) is 34.5. The topological polar surface area (TPSA) is 33.1 Å². The Kier molecular flexibility index (Phi) is 8.07. The van der Waals surface area contributed by atoms with Crippen LogP contribution in [0.4, 0.5) is 11.4 Å². The maximum absolute atomic E-state index is 5.06. The molecule has 0 spiro atoms. The second-order valence-corrected chi connectivity index (χ2v) is 15.0. The van der Waals surface area contributed by atoms with Gasteiger partial charge in [-0.25, -0.2) is 4.98 Å². The lowest BCUT2D eigenvalue weighted by atomic mass is 9.92. The monoisotopic (exact) mass is 642 g/mol. The molecule has 0 bridgehead atoms. The highest BCUT2D eigenvalue weighted by Crippen LogP contribution is 2.41. The van der Waals surface area contributed by atoms with Crippen LogP contribution in [0.25, 0.3) is 49.9 Å². The van der Waals surface area contributed by atoms with E-state index in [-0.39, 0.29) is 17.2 Å². The van der Waals surface area contributed by atoms with Gasteiger partial charge in [0.1, 0.15) is 12.0 Å². The highest BCUT2D eigenvalue weighted by Gasteiger charge is 2.36. The van der Waals surface area contributed by atoms with Crippen molar-refractivity contribution in [1.82, 2.24) is 9.55 Å². The molecule has 5 aromatic carbocycles. The number of imidazole rings is 1. The van der Waals surface area contributed by atoms with Crippen LogP contribution in [0.5, 0.6) is 0 Å². The van der Waals surface area contributed by atoms with Gasteiger partial charge in [-0.3, -0.25) is 0 Å². The Bertz CT molecular complexity index is 2250. The van der Waals surface area contributed by atoms with Crippen molar-refractivity contribution >= 4 is 38.8 Å². The van der Waals surface area contributed by atoms with E-state index in [1.54, 1.807) is 0 Å². The molecule has 0 aliphatic carbocycles. The first-order valence-corrected chi connectivity index (χ1v) is 17.2. The van der Waals surface area contributed by atoms with E-state index < -0.39 is 0 Å². The third-order valence-corrected chi connectivity index (χ3v) is 9.49. The highest BCUT2D eigenvalue weighted by atomic mass is 15.4. The van der Waals surface area contributed by atoms with Crippen LogP contribution in [0.2, 0.25) is 0 Å². The number of para-hydroxylation sites is 4. The molecule has 0 radical (unpaired) electrons. The lowest BCUT2D eigenvalue weighted by molar-refractivity contribution is 0.413. The molecule has 0 saturated heterocycles. The molecule has 4 heteroatoms. The van der Waals surface area contributed by atoms with Gasteiger partial charge in [0.05, 0.1) is 22.4 Å². The summed E-state index contributed by atoms with van der Waals surface area (Å²) in [5.41, 5.74) is 11.3. The Morgan fingerprint density at radius 3 is 2.12 bits per heavy atom. The zero-order valence-electron chi connectivity index (χ0n) is 29.8. The summed E-state index contributed by atoms with van der Waals surface area (Å²) in [5.74, 6) is 0.994. The second kappa shape index (κ2) is 12.3. The summed E-state index contributed by atoms with van der Waals surface area (Å²) >= 11 is 0. The molecule has 0 fully saturated rings. The second-order valence-electron chi connectivity index (χ2n) is 15.0. The van der Waals surface area contributed by atoms with Crippen molar-refractivity contribution in [2.45, 2.75) is 65.7 Å². The Morgan fingerprint density at radius 2 is 1.39 bits per heavy atom. The molecule has 1 atom stereocenters. The minimum absolute atomic E-state index is 0.0197. The van der Waals surface area contributed by atoms with E-state index in [4.69, 9.17) is 4.98 Å². The fraction of sp³-hybridized carbons (Fsp3) is 0.222. The number of hydrogen-bond acceptors (Lipinski definition) is 3. The fourth-order valence-electron chi connectivity index (χ4n) is 7.30. The maximum atomic E-state index is 5.06. The predicted octanol–water partition coefficient (Wildman–Crippen LogP) is 11.9. The third-order valence-electron chi connectivity index (χ3n) is 9.49. The molecule has 1 aliphatic heterocycles. The maximum Gasteiger partial charge on any atom is 0.141 e. The van der Waals surface area contributed by atoms with Gasteiger partial charge in [0.2, 0.25) is 0 Å². The van der Waals surface area contributed by atoms with E-state index in [1.165, 1.54) is 33.2 Å². The Balaban J connectivity index is 1.20. The Labute approximate surface area is 291 Å². The molecule has 0 unspecified atom stereocenters. The van der Waals surface area contributed by atoms with Gasteiger partial charge in [-0.05, 0) is 111 Å². The van der Waals surface area contributed by atoms with Crippen LogP contribution in [-0.4, -0.2) is 21.3 Å². The lowest BCUT2D eigenvalue weighted by Crippen LogP contribution is -2.48. The van der Waals surface area contributed by atoms with Gasteiger partial charge < -0.3 is 14.8 Å². The molecule has 4 nitrogen and oxygen atoms in total. The summed E-state index contributed by atoms with van der Waals surface area (Å²) < 4.78 is 2.35. The fourth-order valence-corrected chi connectivity index (χ4v) is 7.30. The van der Waals surface area contributed by atoms with E-state index >= 15 is 0 Å². The van der Waals surface area contributed by atoms with Crippen LogP contribution in [-0.2, 0) is 5.54 Å². The summed E-state index contributed by atoms with van der Waals surface area (Å²) in [6.07, 6.45) is 6.56. The number of nitrogens with one attached hydrogen (secondary N) is 1. The van der Waals surface area contributed by atoms with Crippen molar-refractivity contribution in [2.75, 3.05) is 10.2 Å². The van der Waals surface area contributed by atoms with Crippen LogP contribution >= 0.6 is 0 Å². The quantitative estimate of drug-likeness (QED) is 0.184. The molecule has 0 amide bonds. The average Bonchev–Trinajstić information content (AvgIpc) is 3.68. The van der Waals surface area contributed by atoms with Gasteiger partial charge in [0.25, 0.3) is 0 Å². The van der Waals surface area contributed by atoms with E-state index in [1.807, 2.05) is 0 Å². The molecule has 1 N–H and O–H groups in total. The number of aromatic nitrogens is 2. The summed E-state index contributed by atoms with van der Waals surface area (Å²) in [4.78, 5) is 7.49. The molecule has 0 saturated carbocycles. The third kappa shape index (κ3) is 5.86. The molecule has 6 aromatic rings. The molecule has 1 aromatic heterocycles. The Morgan fingerprint density at radius 1 is 0.714 bits per heavy atom. The molecule has 49 heavy (non-hydrogen) atoms. The minimum atomic E-state index is -0.105. The summed E-state index contributed by atoms with van der Waals surface area (Å²) in [7, 11) is 0. The molecule has 2 heterocycles. The van der Waals surface area contributed by atoms with Crippen molar-refractivity contribution in [3.63, 3.8) is 0 Å². The van der Waals surface area contributed by atoms with E-state index in [9.17, 15) is 0 Å². The van der Waals surface area contributed by atoms with Crippen LogP contribution in [0.1, 0.15) is 54.0 Å². The summed E-state index contributed by atoms with van der Waals surface area (Å²) in [5, 5.41) is 6.17. The first-order chi connectivity index (χ1) is 23.5. The number of benzene rings is 5. The number of nitrogens with zero attached hydrogens (tertiary/aromatic N) is 3. The van der Waals surface area contributed by atoms with Crippen molar-refractivity contribution in [2.24, 2.45) is 0 Å². The van der Waals surface area contributed by atoms with Gasteiger partial charge in [0.15, 0.2) is 0 Å². The average molecular weight is 643 g/mol. The summed E-state index contributed by atoms with van der Waals surface area (Å²) in [6.45, 7) is 20.1. The van der Waals surface area contributed by atoms with Gasteiger partial charge in [-0.15, -0.1) is 0 Å².